The van der Waals surface area contributed by atoms with Gasteiger partial charge >= 0.3 is 6.18 Å². The summed E-state index contributed by atoms with van der Waals surface area (Å²) in [5, 5.41) is 0.112. The third-order valence-electron chi connectivity index (χ3n) is 2.43. The number of hydrogen-bond donors (Lipinski definition) is 1. The largest absolute Gasteiger partial charge is 0.417 e. The van der Waals surface area contributed by atoms with Gasteiger partial charge in [0.2, 0.25) is 0 Å². The van der Waals surface area contributed by atoms with Crippen molar-refractivity contribution in [2.24, 2.45) is 5.73 Å². The molecule has 15 heavy (non-hydrogen) atoms. The second kappa shape index (κ2) is 3.35. The number of halogens is 4. The van der Waals surface area contributed by atoms with Gasteiger partial charge in [-0.15, -0.1) is 0 Å². The minimum atomic E-state index is -4.38. The predicted octanol–water partition coefficient (Wildman–Crippen LogP) is 2.57. The number of hydrogen-bond acceptors (Lipinski definition) is 2. The van der Waals surface area contributed by atoms with Crippen molar-refractivity contribution in [1.29, 1.82) is 0 Å². The summed E-state index contributed by atoms with van der Waals surface area (Å²) < 4.78 is 37.1. The molecule has 0 aliphatic heterocycles. The molecule has 2 N–H and O–H groups in total. The van der Waals surface area contributed by atoms with Crippen molar-refractivity contribution < 1.29 is 13.2 Å². The molecule has 1 aliphatic rings. The normalized spacial score (nSPS) is 25.4. The van der Waals surface area contributed by atoms with Gasteiger partial charge in [0, 0.05) is 18.2 Å². The molecular weight excluding hydrogens is 229 g/mol. The van der Waals surface area contributed by atoms with Crippen LogP contribution in [0.1, 0.15) is 23.5 Å². The summed E-state index contributed by atoms with van der Waals surface area (Å²) in [7, 11) is 0. The molecule has 2 rings (SSSR count). The first-order valence-electron chi connectivity index (χ1n) is 4.38. The first-order chi connectivity index (χ1) is 6.89. The van der Waals surface area contributed by atoms with Gasteiger partial charge in [0.1, 0.15) is 5.15 Å². The maximum absolute atomic E-state index is 12.4. The number of aromatic nitrogens is 1. The van der Waals surface area contributed by atoms with Crippen molar-refractivity contribution in [3.8, 4) is 0 Å². The molecule has 6 heteroatoms. The van der Waals surface area contributed by atoms with Gasteiger partial charge < -0.3 is 5.73 Å². The van der Waals surface area contributed by atoms with E-state index in [4.69, 9.17) is 17.3 Å². The molecule has 1 aromatic rings. The van der Waals surface area contributed by atoms with E-state index in [0.717, 1.165) is 12.3 Å². The monoisotopic (exact) mass is 236 g/mol. The van der Waals surface area contributed by atoms with Gasteiger partial charge in [0.05, 0.1) is 5.56 Å². The molecule has 1 aliphatic carbocycles. The van der Waals surface area contributed by atoms with Crippen LogP contribution in [0.15, 0.2) is 12.3 Å². The molecule has 1 heterocycles. The standard InChI is InChI=1S/C9H8ClF3N2/c10-8-6(5-2-7(5)14)1-4(3-15-8)9(11,12)13/h1,3,5,7H,2,14H2. The molecule has 2 unspecified atom stereocenters. The zero-order chi connectivity index (χ0) is 11.2. The van der Waals surface area contributed by atoms with Crippen molar-refractivity contribution in [2.75, 3.05) is 0 Å². The van der Waals surface area contributed by atoms with Crippen molar-refractivity contribution in [3.63, 3.8) is 0 Å². The Kier molecular flexibility index (Phi) is 2.39. The van der Waals surface area contributed by atoms with E-state index < -0.39 is 11.7 Å². The van der Waals surface area contributed by atoms with Gasteiger partial charge in [0.25, 0.3) is 0 Å². The fourth-order valence-corrected chi connectivity index (χ4v) is 1.70. The summed E-state index contributed by atoms with van der Waals surface area (Å²) in [6.07, 6.45) is -2.98. The number of nitrogens with two attached hydrogens (primary N) is 1. The van der Waals surface area contributed by atoms with Crippen LogP contribution in [-0.4, -0.2) is 11.0 Å². The first-order valence-corrected chi connectivity index (χ1v) is 4.75. The molecule has 0 spiro atoms. The zero-order valence-electron chi connectivity index (χ0n) is 7.55. The Bertz CT molecular complexity index is 391. The van der Waals surface area contributed by atoms with Crippen LogP contribution in [0.25, 0.3) is 0 Å². The van der Waals surface area contributed by atoms with Crippen LogP contribution < -0.4 is 5.73 Å². The fourth-order valence-electron chi connectivity index (χ4n) is 1.45. The molecule has 0 aromatic carbocycles. The van der Waals surface area contributed by atoms with Crippen LogP contribution in [0, 0.1) is 0 Å². The quantitative estimate of drug-likeness (QED) is 0.761. The second-order valence-electron chi connectivity index (χ2n) is 3.61. The van der Waals surface area contributed by atoms with Crippen molar-refractivity contribution >= 4 is 11.6 Å². The lowest BCUT2D eigenvalue weighted by atomic mass is 10.1. The predicted molar refractivity (Wildman–Crippen MR) is 49.6 cm³/mol. The Morgan fingerprint density at radius 3 is 2.53 bits per heavy atom. The molecule has 0 radical (unpaired) electrons. The van der Waals surface area contributed by atoms with E-state index in [1.807, 2.05) is 0 Å². The summed E-state index contributed by atoms with van der Waals surface area (Å²) in [6.45, 7) is 0. The van der Waals surface area contributed by atoms with E-state index in [-0.39, 0.29) is 17.1 Å². The van der Waals surface area contributed by atoms with Crippen molar-refractivity contribution in [1.82, 2.24) is 4.98 Å². The number of rotatable bonds is 1. The van der Waals surface area contributed by atoms with Crippen LogP contribution in [0.2, 0.25) is 5.15 Å². The lowest BCUT2D eigenvalue weighted by Gasteiger charge is -2.09. The summed E-state index contributed by atoms with van der Waals surface area (Å²) in [4.78, 5) is 3.53. The molecule has 0 saturated heterocycles. The highest BCUT2D eigenvalue weighted by atomic mass is 35.5. The summed E-state index contributed by atoms with van der Waals surface area (Å²) in [6, 6.07) is 0.945. The van der Waals surface area contributed by atoms with Crippen LogP contribution >= 0.6 is 11.6 Å². The third kappa shape index (κ3) is 2.08. The third-order valence-corrected chi connectivity index (χ3v) is 2.75. The van der Waals surface area contributed by atoms with Gasteiger partial charge in [-0.25, -0.2) is 4.98 Å². The summed E-state index contributed by atoms with van der Waals surface area (Å²) in [5.41, 5.74) is 5.18. The molecule has 2 atom stereocenters. The second-order valence-corrected chi connectivity index (χ2v) is 3.97. The van der Waals surface area contributed by atoms with Gasteiger partial charge in [-0.05, 0) is 18.1 Å². The Hall–Kier alpha value is -0.810. The van der Waals surface area contributed by atoms with Crippen molar-refractivity contribution in [3.05, 3.63) is 28.5 Å². The van der Waals surface area contributed by atoms with E-state index in [2.05, 4.69) is 4.98 Å². The van der Waals surface area contributed by atoms with E-state index in [1.165, 1.54) is 0 Å². The van der Waals surface area contributed by atoms with Gasteiger partial charge in [0.15, 0.2) is 0 Å². The number of nitrogens with zero attached hydrogens (tertiary/aromatic N) is 1. The smallest absolute Gasteiger partial charge is 0.327 e. The lowest BCUT2D eigenvalue weighted by Crippen LogP contribution is -2.08. The molecular formula is C9H8ClF3N2. The Morgan fingerprint density at radius 2 is 2.07 bits per heavy atom. The van der Waals surface area contributed by atoms with E-state index >= 15 is 0 Å². The van der Waals surface area contributed by atoms with E-state index in [1.54, 1.807) is 0 Å². The molecule has 2 nitrogen and oxygen atoms in total. The number of alkyl halides is 3. The fraction of sp³-hybridized carbons (Fsp3) is 0.444. The highest BCUT2D eigenvalue weighted by Crippen LogP contribution is 2.43. The van der Waals surface area contributed by atoms with E-state index in [0.29, 0.717) is 12.0 Å². The molecule has 1 aromatic heterocycles. The average Bonchev–Trinajstić information content (AvgIpc) is 2.81. The average molecular weight is 237 g/mol. The van der Waals surface area contributed by atoms with E-state index in [9.17, 15) is 13.2 Å². The molecule has 1 saturated carbocycles. The maximum Gasteiger partial charge on any atom is 0.417 e. The molecule has 0 bridgehead atoms. The SMILES string of the molecule is NC1CC1c1cc(C(F)(F)F)cnc1Cl. The van der Waals surface area contributed by atoms with Gasteiger partial charge in [-0.3, -0.25) is 0 Å². The Morgan fingerprint density at radius 1 is 1.47 bits per heavy atom. The van der Waals surface area contributed by atoms with Gasteiger partial charge in [-0.2, -0.15) is 13.2 Å². The van der Waals surface area contributed by atoms with Crippen LogP contribution in [0.5, 0.6) is 0 Å². The summed E-state index contributed by atoms with van der Waals surface area (Å²) in [5.74, 6) is -0.0766. The molecule has 82 valence electrons. The highest BCUT2D eigenvalue weighted by molar-refractivity contribution is 6.30. The first kappa shape index (κ1) is 10.7. The van der Waals surface area contributed by atoms with Crippen molar-refractivity contribution in [2.45, 2.75) is 24.6 Å². The summed E-state index contributed by atoms with van der Waals surface area (Å²) >= 11 is 5.71. The Balaban J connectivity index is 2.38. The highest BCUT2D eigenvalue weighted by Gasteiger charge is 2.39. The van der Waals surface area contributed by atoms with Crippen LogP contribution in [-0.2, 0) is 6.18 Å². The van der Waals surface area contributed by atoms with Crippen LogP contribution in [0.4, 0.5) is 13.2 Å². The zero-order valence-corrected chi connectivity index (χ0v) is 8.31. The Labute approximate surface area is 89.2 Å². The topological polar surface area (TPSA) is 38.9 Å². The minimum Gasteiger partial charge on any atom is -0.327 e. The lowest BCUT2D eigenvalue weighted by molar-refractivity contribution is -0.137. The molecule has 0 amide bonds. The number of pyridine rings is 1. The maximum atomic E-state index is 12.4. The molecule has 1 fully saturated rings. The minimum absolute atomic E-state index is 0.0766. The van der Waals surface area contributed by atoms with Gasteiger partial charge in [-0.1, -0.05) is 11.6 Å². The van der Waals surface area contributed by atoms with Crippen LogP contribution in [0.3, 0.4) is 0 Å².